The van der Waals surface area contributed by atoms with Crippen LogP contribution in [0.3, 0.4) is 0 Å². The number of aromatic nitrogens is 1. The molecule has 4 rings (SSSR count). The molecule has 0 bridgehead atoms. The van der Waals surface area contributed by atoms with Crippen LogP contribution in [0.4, 0.5) is 8.78 Å². The number of hydrogen-bond donors (Lipinski definition) is 2. The van der Waals surface area contributed by atoms with Gasteiger partial charge in [0.15, 0.2) is 0 Å². The lowest BCUT2D eigenvalue weighted by atomic mass is 10.0. The molecule has 11 heteroatoms. The fourth-order valence-corrected chi connectivity index (χ4v) is 5.62. The van der Waals surface area contributed by atoms with Gasteiger partial charge in [-0.15, -0.1) is 0 Å². The second-order valence-electron chi connectivity index (χ2n) is 8.34. The summed E-state index contributed by atoms with van der Waals surface area (Å²) >= 11 is 0. The van der Waals surface area contributed by atoms with Gasteiger partial charge in [0.25, 0.3) is 5.92 Å². The normalized spacial score (nSPS) is 21.7. The molecule has 1 aliphatic heterocycles. The van der Waals surface area contributed by atoms with E-state index in [2.05, 4.69) is 15.6 Å². The van der Waals surface area contributed by atoms with Crippen molar-refractivity contribution in [3.8, 4) is 0 Å². The van der Waals surface area contributed by atoms with Gasteiger partial charge in [-0.3, -0.25) is 14.6 Å². The van der Waals surface area contributed by atoms with E-state index < -0.39 is 65.3 Å². The van der Waals surface area contributed by atoms with Crippen LogP contribution in [0.25, 0.3) is 0 Å². The monoisotopic (exact) mass is 478 g/mol. The Balaban J connectivity index is 1.44. The number of sulfonamides is 1. The maximum Gasteiger partial charge on any atom is 0.251 e. The van der Waals surface area contributed by atoms with E-state index in [4.69, 9.17) is 0 Å². The fraction of sp³-hybridized carbons (Fsp3) is 0.409. The van der Waals surface area contributed by atoms with Crippen molar-refractivity contribution in [2.24, 2.45) is 0 Å². The SMILES string of the molecule is O=C(CNC(=O)[C@@H]1CC(F)(F)CCN1S(=O)(=O)c1ccccc1)NC1(c2cccnc2)CC1. The molecule has 1 aliphatic carbocycles. The second-order valence-corrected chi connectivity index (χ2v) is 10.2. The topological polar surface area (TPSA) is 108 Å². The molecular formula is C22H24F2N4O4S. The van der Waals surface area contributed by atoms with E-state index >= 15 is 0 Å². The Hall–Kier alpha value is -2.92. The first-order chi connectivity index (χ1) is 15.6. The van der Waals surface area contributed by atoms with Crippen LogP contribution in [0.5, 0.6) is 0 Å². The van der Waals surface area contributed by atoms with Crippen LogP contribution < -0.4 is 10.6 Å². The summed E-state index contributed by atoms with van der Waals surface area (Å²) in [5.74, 6) is -4.62. The summed E-state index contributed by atoms with van der Waals surface area (Å²) in [4.78, 5) is 29.2. The van der Waals surface area contributed by atoms with Crippen LogP contribution in [0, 0.1) is 0 Å². The molecule has 1 aromatic carbocycles. The summed E-state index contributed by atoms with van der Waals surface area (Å²) in [6, 6.07) is 9.32. The van der Waals surface area contributed by atoms with Crippen molar-refractivity contribution in [1.82, 2.24) is 19.9 Å². The number of halogens is 2. The standard InChI is InChI=1S/C22H24F2N4O4S/c23-22(24)10-12-28(33(31,32)17-6-2-1-3-7-17)18(13-22)20(30)26-15-19(29)27-21(8-9-21)16-5-4-11-25-14-16/h1-7,11,14,18H,8-10,12-13,15H2,(H,26,30)(H,27,29)/t18-/m0/s1. The van der Waals surface area contributed by atoms with Crippen molar-refractivity contribution in [1.29, 1.82) is 0 Å². The van der Waals surface area contributed by atoms with Gasteiger partial charge in [0.05, 0.1) is 17.0 Å². The Morgan fingerprint density at radius 2 is 1.82 bits per heavy atom. The molecule has 0 radical (unpaired) electrons. The largest absolute Gasteiger partial charge is 0.346 e. The number of rotatable bonds is 7. The molecule has 0 spiro atoms. The molecule has 8 nitrogen and oxygen atoms in total. The third kappa shape index (κ3) is 5.03. The van der Waals surface area contributed by atoms with Crippen molar-refractivity contribution in [3.05, 3.63) is 60.4 Å². The number of piperidine rings is 1. The predicted molar refractivity (Wildman–Crippen MR) is 115 cm³/mol. The van der Waals surface area contributed by atoms with Gasteiger partial charge in [-0.1, -0.05) is 24.3 Å². The highest BCUT2D eigenvalue weighted by atomic mass is 32.2. The molecule has 2 N–H and O–H groups in total. The molecule has 1 saturated carbocycles. The number of nitrogens with zero attached hydrogens (tertiary/aromatic N) is 2. The predicted octanol–water partition coefficient (Wildman–Crippen LogP) is 1.79. The Labute approximate surface area is 190 Å². The first kappa shape index (κ1) is 23.2. The summed E-state index contributed by atoms with van der Waals surface area (Å²) in [6.45, 7) is -0.958. The van der Waals surface area contributed by atoms with Gasteiger partial charge in [0.1, 0.15) is 6.04 Å². The first-order valence-electron chi connectivity index (χ1n) is 10.6. The Morgan fingerprint density at radius 1 is 1.09 bits per heavy atom. The zero-order valence-electron chi connectivity index (χ0n) is 17.7. The second kappa shape index (κ2) is 8.79. The zero-order valence-corrected chi connectivity index (χ0v) is 18.5. The van der Waals surface area contributed by atoms with Gasteiger partial charge in [-0.05, 0) is 36.6 Å². The average molecular weight is 479 g/mol. The van der Waals surface area contributed by atoms with Crippen molar-refractivity contribution in [3.63, 3.8) is 0 Å². The summed E-state index contributed by atoms with van der Waals surface area (Å²) in [5, 5.41) is 5.19. The quantitative estimate of drug-likeness (QED) is 0.631. The highest BCUT2D eigenvalue weighted by Crippen LogP contribution is 2.45. The lowest BCUT2D eigenvalue weighted by molar-refractivity contribution is -0.134. The van der Waals surface area contributed by atoms with E-state index in [-0.39, 0.29) is 4.90 Å². The third-order valence-corrected chi connectivity index (χ3v) is 7.88. The maximum absolute atomic E-state index is 14.1. The van der Waals surface area contributed by atoms with E-state index in [1.54, 1.807) is 24.5 Å². The van der Waals surface area contributed by atoms with E-state index in [9.17, 15) is 26.8 Å². The molecule has 2 aliphatic rings. The number of carbonyl (C=O) groups is 2. The average Bonchev–Trinajstić information content (AvgIpc) is 3.58. The lowest BCUT2D eigenvalue weighted by Gasteiger charge is -2.37. The first-order valence-corrected chi connectivity index (χ1v) is 12.0. The Morgan fingerprint density at radius 3 is 2.45 bits per heavy atom. The van der Waals surface area contributed by atoms with Crippen molar-refractivity contribution >= 4 is 21.8 Å². The number of amides is 2. The molecule has 1 atom stereocenters. The van der Waals surface area contributed by atoms with Crippen molar-refractivity contribution < 1.29 is 26.8 Å². The minimum Gasteiger partial charge on any atom is -0.346 e. The van der Waals surface area contributed by atoms with E-state index in [0.29, 0.717) is 0 Å². The summed E-state index contributed by atoms with van der Waals surface area (Å²) in [5.41, 5.74) is 0.299. The number of benzene rings is 1. The molecule has 2 amide bonds. The van der Waals surface area contributed by atoms with Crippen LogP contribution in [-0.2, 0) is 25.2 Å². The Kier molecular flexibility index (Phi) is 6.19. The third-order valence-electron chi connectivity index (χ3n) is 5.96. The number of carbonyl (C=O) groups excluding carboxylic acids is 2. The molecule has 2 fully saturated rings. The van der Waals surface area contributed by atoms with Crippen molar-refractivity contribution in [2.45, 2.75) is 48.1 Å². The molecule has 1 saturated heterocycles. The highest BCUT2D eigenvalue weighted by molar-refractivity contribution is 7.89. The minimum atomic E-state index is -4.17. The van der Waals surface area contributed by atoms with Gasteiger partial charge in [0, 0.05) is 31.8 Å². The van der Waals surface area contributed by atoms with Gasteiger partial charge < -0.3 is 10.6 Å². The molecule has 2 aromatic rings. The van der Waals surface area contributed by atoms with E-state index in [1.165, 1.54) is 24.3 Å². The van der Waals surface area contributed by atoms with Gasteiger partial charge in [0.2, 0.25) is 21.8 Å². The van der Waals surface area contributed by atoms with E-state index in [0.717, 1.165) is 22.7 Å². The minimum absolute atomic E-state index is 0.0853. The lowest BCUT2D eigenvalue weighted by Crippen LogP contribution is -2.57. The molecule has 2 heterocycles. The number of hydrogen-bond acceptors (Lipinski definition) is 5. The van der Waals surface area contributed by atoms with Gasteiger partial charge in [-0.2, -0.15) is 4.31 Å². The molecular weight excluding hydrogens is 454 g/mol. The molecule has 176 valence electrons. The van der Waals surface area contributed by atoms with E-state index in [1.807, 2.05) is 6.07 Å². The number of nitrogens with one attached hydrogen (secondary N) is 2. The molecule has 0 unspecified atom stereocenters. The van der Waals surface area contributed by atoms with Crippen LogP contribution in [0.1, 0.15) is 31.2 Å². The molecule has 33 heavy (non-hydrogen) atoms. The van der Waals surface area contributed by atoms with Crippen LogP contribution in [-0.4, -0.2) is 54.6 Å². The maximum atomic E-state index is 14.1. The number of alkyl halides is 2. The van der Waals surface area contributed by atoms with Gasteiger partial charge >= 0.3 is 0 Å². The summed E-state index contributed by atoms with van der Waals surface area (Å²) in [7, 11) is -4.17. The fourth-order valence-electron chi connectivity index (χ4n) is 4.01. The molecule has 1 aromatic heterocycles. The van der Waals surface area contributed by atoms with Gasteiger partial charge in [-0.25, -0.2) is 17.2 Å². The zero-order chi connectivity index (χ0) is 23.7. The van der Waals surface area contributed by atoms with Crippen LogP contribution in [0.2, 0.25) is 0 Å². The number of pyridine rings is 1. The Bertz CT molecular complexity index is 1130. The van der Waals surface area contributed by atoms with Crippen LogP contribution in [0.15, 0.2) is 59.8 Å². The summed E-state index contributed by atoms with van der Waals surface area (Å²) < 4.78 is 55.1. The smallest absolute Gasteiger partial charge is 0.251 e. The van der Waals surface area contributed by atoms with Crippen molar-refractivity contribution in [2.75, 3.05) is 13.1 Å². The van der Waals surface area contributed by atoms with Crippen LogP contribution >= 0.6 is 0 Å². The summed E-state index contributed by atoms with van der Waals surface area (Å²) in [6.07, 6.45) is 3.08. The highest BCUT2D eigenvalue weighted by Gasteiger charge is 2.48.